The molecule has 38 heavy (non-hydrogen) atoms. The Morgan fingerprint density at radius 3 is 2.63 bits per heavy atom. The molecule has 1 atom stereocenters. The highest BCUT2D eigenvalue weighted by Crippen LogP contribution is 2.31. The molecule has 0 bridgehead atoms. The number of ether oxygens (including phenoxy) is 1. The van der Waals surface area contributed by atoms with E-state index in [2.05, 4.69) is 35.9 Å². The molecule has 1 unspecified atom stereocenters. The third-order valence-corrected chi connectivity index (χ3v) is 6.98. The number of aryl methyl sites for hydroxylation is 1. The zero-order valence-corrected chi connectivity index (χ0v) is 22.5. The van der Waals surface area contributed by atoms with Gasteiger partial charge in [0.2, 0.25) is 0 Å². The van der Waals surface area contributed by atoms with Gasteiger partial charge in [0.25, 0.3) is 0 Å². The largest absolute Gasteiger partial charge is 0.445 e. The predicted molar refractivity (Wildman–Crippen MR) is 146 cm³/mol. The highest BCUT2D eigenvalue weighted by Gasteiger charge is 2.33. The van der Waals surface area contributed by atoms with Crippen molar-refractivity contribution in [1.29, 1.82) is 0 Å². The lowest BCUT2D eigenvalue weighted by Gasteiger charge is -2.41. The summed E-state index contributed by atoms with van der Waals surface area (Å²) in [5.41, 5.74) is 10.9. The summed E-state index contributed by atoms with van der Waals surface area (Å²) in [6.45, 7) is 9.66. The van der Waals surface area contributed by atoms with Crippen LogP contribution in [-0.4, -0.2) is 66.5 Å². The first-order valence-corrected chi connectivity index (χ1v) is 13.0. The van der Waals surface area contributed by atoms with Crippen molar-refractivity contribution in [2.24, 2.45) is 12.5 Å². The van der Waals surface area contributed by atoms with E-state index in [0.717, 1.165) is 41.9 Å². The van der Waals surface area contributed by atoms with Crippen LogP contribution in [0.4, 0.5) is 10.6 Å². The van der Waals surface area contributed by atoms with E-state index in [-0.39, 0.29) is 24.2 Å². The van der Waals surface area contributed by atoms with Crippen molar-refractivity contribution in [2.75, 3.05) is 31.9 Å². The number of benzene rings is 1. The maximum atomic E-state index is 13.1. The number of aromatic nitrogens is 5. The molecule has 10 nitrogen and oxygen atoms in total. The summed E-state index contributed by atoms with van der Waals surface area (Å²) in [5, 5.41) is 8.76. The Labute approximate surface area is 223 Å². The molecule has 0 saturated carbocycles. The molecule has 10 heteroatoms. The standard InChI is InChI=1S/C28H36N8O2/c1-28(2,3)10-11-34-12-13-35(27(37)38-19-20-8-6-5-7-9-20)18-24(34)23-14-25(29)36-26(32-23)22(16-31-36)21-15-30-33(4)17-21/h5-9,14-17,24H,10-13,18-19,29H2,1-4H3. The van der Waals surface area contributed by atoms with Crippen molar-refractivity contribution < 1.29 is 9.53 Å². The van der Waals surface area contributed by atoms with E-state index in [1.807, 2.05) is 49.6 Å². The Bertz CT molecular complexity index is 1410. The average Bonchev–Trinajstić information content (AvgIpc) is 3.52. The number of fused-ring (bicyclic) bond motifs is 1. The van der Waals surface area contributed by atoms with Crippen LogP contribution in [0.15, 0.2) is 55.0 Å². The van der Waals surface area contributed by atoms with Gasteiger partial charge in [0, 0.05) is 50.1 Å². The summed E-state index contributed by atoms with van der Waals surface area (Å²) in [4.78, 5) is 22.3. The van der Waals surface area contributed by atoms with Crippen LogP contribution in [0, 0.1) is 5.41 Å². The molecule has 0 radical (unpaired) electrons. The molecule has 4 aromatic rings. The fraction of sp³-hybridized carbons (Fsp3) is 0.429. The minimum absolute atomic E-state index is 0.126. The summed E-state index contributed by atoms with van der Waals surface area (Å²) >= 11 is 0. The molecular formula is C28H36N8O2. The molecule has 5 rings (SSSR count). The van der Waals surface area contributed by atoms with Crippen molar-refractivity contribution in [3.8, 4) is 11.1 Å². The van der Waals surface area contributed by atoms with Crippen molar-refractivity contribution in [1.82, 2.24) is 34.2 Å². The highest BCUT2D eigenvalue weighted by molar-refractivity contribution is 5.77. The number of carbonyl (C=O) groups excluding carboxylic acids is 1. The second kappa shape index (κ2) is 10.4. The molecule has 4 heterocycles. The summed E-state index contributed by atoms with van der Waals surface area (Å²) in [5.74, 6) is 0.500. The molecular weight excluding hydrogens is 480 g/mol. The van der Waals surface area contributed by atoms with Crippen LogP contribution < -0.4 is 5.73 Å². The molecule has 1 aliphatic rings. The topological polar surface area (TPSA) is 107 Å². The summed E-state index contributed by atoms with van der Waals surface area (Å²) in [7, 11) is 1.88. The van der Waals surface area contributed by atoms with Crippen LogP contribution in [-0.2, 0) is 18.4 Å². The lowest BCUT2D eigenvalue weighted by atomic mass is 9.91. The number of piperazine rings is 1. The maximum absolute atomic E-state index is 13.1. The molecule has 0 aliphatic carbocycles. The first-order valence-electron chi connectivity index (χ1n) is 13.0. The summed E-state index contributed by atoms with van der Waals surface area (Å²) < 4.78 is 9.07. The molecule has 1 amide bonds. The van der Waals surface area contributed by atoms with Crippen LogP contribution in [0.1, 0.15) is 44.5 Å². The lowest BCUT2D eigenvalue weighted by Crippen LogP contribution is -2.51. The van der Waals surface area contributed by atoms with Gasteiger partial charge in [-0.25, -0.2) is 9.78 Å². The third-order valence-electron chi connectivity index (χ3n) is 6.98. The third kappa shape index (κ3) is 5.65. The Morgan fingerprint density at radius 1 is 1.13 bits per heavy atom. The van der Waals surface area contributed by atoms with Gasteiger partial charge in [-0.2, -0.15) is 14.7 Å². The van der Waals surface area contributed by atoms with Gasteiger partial charge < -0.3 is 15.4 Å². The Morgan fingerprint density at radius 2 is 1.92 bits per heavy atom. The van der Waals surface area contributed by atoms with Crippen LogP contribution in [0.25, 0.3) is 16.8 Å². The smallest absolute Gasteiger partial charge is 0.410 e. The zero-order chi connectivity index (χ0) is 26.9. The van der Waals surface area contributed by atoms with Gasteiger partial charge >= 0.3 is 6.09 Å². The average molecular weight is 517 g/mol. The minimum atomic E-state index is -0.316. The van der Waals surface area contributed by atoms with E-state index in [9.17, 15) is 4.79 Å². The minimum Gasteiger partial charge on any atom is -0.445 e. The van der Waals surface area contributed by atoms with Crippen molar-refractivity contribution >= 4 is 17.6 Å². The number of hydrogen-bond acceptors (Lipinski definition) is 7. The molecule has 1 aromatic carbocycles. The van der Waals surface area contributed by atoms with Gasteiger partial charge in [-0.05, 0) is 23.9 Å². The zero-order valence-electron chi connectivity index (χ0n) is 22.5. The Balaban J connectivity index is 1.43. The van der Waals surface area contributed by atoms with E-state index in [0.29, 0.717) is 24.6 Å². The SMILES string of the molecule is Cn1cc(-c2cnn3c(N)cc(C4CN(C(=O)OCc5ccccc5)CCN4CCC(C)(C)C)nc23)cn1. The number of carbonyl (C=O) groups is 1. The molecule has 2 N–H and O–H groups in total. The second-order valence-electron chi connectivity index (χ2n) is 11.2. The van der Waals surface area contributed by atoms with Gasteiger partial charge in [0.05, 0.1) is 24.1 Å². The number of nitrogen functional groups attached to an aromatic ring is 1. The van der Waals surface area contributed by atoms with Crippen LogP contribution in [0.5, 0.6) is 0 Å². The maximum Gasteiger partial charge on any atom is 0.410 e. The predicted octanol–water partition coefficient (Wildman–Crippen LogP) is 4.14. The molecule has 0 spiro atoms. The first-order chi connectivity index (χ1) is 18.2. The van der Waals surface area contributed by atoms with E-state index in [1.54, 1.807) is 26.5 Å². The fourth-order valence-corrected chi connectivity index (χ4v) is 4.76. The fourth-order valence-electron chi connectivity index (χ4n) is 4.76. The molecule has 3 aromatic heterocycles. The number of amides is 1. The van der Waals surface area contributed by atoms with E-state index in [1.165, 1.54) is 0 Å². The van der Waals surface area contributed by atoms with Gasteiger partial charge in [-0.3, -0.25) is 9.58 Å². The quantitative estimate of drug-likeness (QED) is 0.410. The van der Waals surface area contributed by atoms with Gasteiger partial charge in [0.1, 0.15) is 12.4 Å². The number of nitrogens with two attached hydrogens (primary N) is 1. The molecule has 1 fully saturated rings. The summed E-state index contributed by atoms with van der Waals surface area (Å²) in [6, 6.07) is 11.5. The molecule has 1 aliphatic heterocycles. The summed E-state index contributed by atoms with van der Waals surface area (Å²) in [6.07, 6.45) is 6.20. The Hall–Kier alpha value is -3.92. The number of nitrogens with zero attached hydrogens (tertiary/aromatic N) is 7. The Kier molecular flexibility index (Phi) is 7.07. The van der Waals surface area contributed by atoms with Crippen molar-refractivity contribution in [3.63, 3.8) is 0 Å². The molecule has 1 saturated heterocycles. The second-order valence-corrected chi connectivity index (χ2v) is 11.2. The number of hydrogen-bond donors (Lipinski definition) is 1. The lowest BCUT2D eigenvalue weighted by molar-refractivity contribution is 0.0414. The first kappa shape index (κ1) is 25.7. The van der Waals surface area contributed by atoms with E-state index in [4.69, 9.17) is 15.5 Å². The van der Waals surface area contributed by atoms with Gasteiger partial charge in [0.15, 0.2) is 5.65 Å². The van der Waals surface area contributed by atoms with Crippen molar-refractivity contribution in [2.45, 2.75) is 39.8 Å². The van der Waals surface area contributed by atoms with Gasteiger partial charge in [-0.1, -0.05) is 51.1 Å². The normalized spacial score (nSPS) is 16.7. The van der Waals surface area contributed by atoms with Crippen LogP contribution >= 0.6 is 0 Å². The van der Waals surface area contributed by atoms with E-state index < -0.39 is 0 Å². The monoisotopic (exact) mass is 516 g/mol. The molecule has 200 valence electrons. The van der Waals surface area contributed by atoms with Crippen LogP contribution in [0.2, 0.25) is 0 Å². The van der Waals surface area contributed by atoms with E-state index >= 15 is 0 Å². The van der Waals surface area contributed by atoms with Gasteiger partial charge in [-0.15, -0.1) is 0 Å². The highest BCUT2D eigenvalue weighted by atomic mass is 16.6. The van der Waals surface area contributed by atoms with Crippen LogP contribution in [0.3, 0.4) is 0 Å². The number of anilines is 1. The number of rotatable bonds is 6. The van der Waals surface area contributed by atoms with Crippen molar-refractivity contribution in [3.05, 3.63) is 66.2 Å².